The molecule has 1 aromatic rings. The minimum absolute atomic E-state index is 0.122. The van der Waals surface area contributed by atoms with Gasteiger partial charge in [0.1, 0.15) is 5.82 Å². The van der Waals surface area contributed by atoms with Crippen LogP contribution in [0.1, 0.15) is 52.0 Å². The number of piperazine rings is 1. The van der Waals surface area contributed by atoms with Crippen LogP contribution in [0.2, 0.25) is 0 Å². The van der Waals surface area contributed by atoms with E-state index >= 15 is 0 Å². The molecule has 0 aromatic heterocycles. The fourth-order valence-corrected chi connectivity index (χ4v) is 4.34. The van der Waals surface area contributed by atoms with Gasteiger partial charge >= 0.3 is 0 Å². The maximum absolute atomic E-state index is 13.3. The Morgan fingerprint density at radius 1 is 1.14 bits per heavy atom. The van der Waals surface area contributed by atoms with Crippen molar-refractivity contribution in [1.29, 1.82) is 0 Å². The molecule has 1 heterocycles. The molecule has 4 nitrogen and oxygen atoms in total. The van der Waals surface area contributed by atoms with Crippen molar-refractivity contribution in [3.63, 3.8) is 0 Å². The predicted octanol–water partition coefficient (Wildman–Crippen LogP) is 3.83. The number of carbonyl (C=O) groups is 1. The van der Waals surface area contributed by atoms with Gasteiger partial charge in [-0.15, -0.1) is 0 Å². The summed E-state index contributed by atoms with van der Waals surface area (Å²) in [4.78, 5) is 19.9. The van der Waals surface area contributed by atoms with Crippen molar-refractivity contribution in [1.82, 2.24) is 14.7 Å². The molecule has 0 bridgehead atoms. The average molecular weight is 392 g/mol. The Morgan fingerprint density at radius 2 is 1.71 bits per heavy atom. The molecule has 0 N–H and O–H groups in total. The third-order valence-electron chi connectivity index (χ3n) is 5.97. The number of carbonyl (C=O) groups excluding carboxylic acids is 1. The van der Waals surface area contributed by atoms with Gasteiger partial charge in [0.2, 0.25) is 5.91 Å². The third kappa shape index (κ3) is 6.28. The minimum Gasteiger partial charge on any atom is -0.340 e. The normalized spacial score (nSPS) is 22.1. The molecule has 158 valence electrons. The highest BCUT2D eigenvalue weighted by molar-refractivity contribution is 5.77. The van der Waals surface area contributed by atoms with E-state index in [2.05, 4.69) is 51.6 Å². The zero-order valence-corrected chi connectivity index (χ0v) is 18.5. The molecule has 1 aliphatic heterocycles. The molecule has 5 heteroatoms. The second kappa shape index (κ2) is 10.4. The topological polar surface area (TPSA) is 26.8 Å². The second-order valence-electron chi connectivity index (χ2n) is 9.00. The molecule has 2 rings (SSSR count). The van der Waals surface area contributed by atoms with Gasteiger partial charge in [-0.3, -0.25) is 9.69 Å². The van der Waals surface area contributed by atoms with E-state index in [1.807, 2.05) is 17.0 Å². The molecule has 1 aliphatic rings. The summed E-state index contributed by atoms with van der Waals surface area (Å²) >= 11 is 0. The summed E-state index contributed by atoms with van der Waals surface area (Å²) in [5.74, 6) is 0.439. The van der Waals surface area contributed by atoms with Crippen molar-refractivity contribution in [3.8, 4) is 0 Å². The molecule has 0 spiro atoms. The summed E-state index contributed by atoms with van der Waals surface area (Å²) in [6.07, 6.45) is 1.64. The van der Waals surface area contributed by atoms with Crippen LogP contribution in [-0.4, -0.2) is 73.0 Å². The van der Waals surface area contributed by atoms with Crippen LogP contribution in [0.25, 0.3) is 0 Å². The molecular formula is C23H38FN3O. The Balaban J connectivity index is 1.97. The van der Waals surface area contributed by atoms with Crippen LogP contribution in [-0.2, 0) is 4.79 Å². The summed E-state index contributed by atoms with van der Waals surface area (Å²) in [6, 6.07) is 7.37. The Kier molecular flexibility index (Phi) is 8.44. The number of halogens is 1. The molecule has 1 aromatic carbocycles. The highest BCUT2D eigenvalue weighted by atomic mass is 19.1. The lowest BCUT2D eigenvalue weighted by Crippen LogP contribution is -2.58. The van der Waals surface area contributed by atoms with Crippen LogP contribution in [0.15, 0.2) is 24.3 Å². The minimum atomic E-state index is -0.231. The van der Waals surface area contributed by atoms with Gasteiger partial charge in [-0.05, 0) is 70.4 Å². The van der Waals surface area contributed by atoms with Crippen LogP contribution in [0, 0.1) is 11.7 Å². The van der Waals surface area contributed by atoms with E-state index in [1.165, 1.54) is 12.1 Å². The second-order valence-corrected chi connectivity index (χ2v) is 9.00. The van der Waals surface area contributed by atoms with Gasteiger partial charge in [0, 0.05) is 38.1 Å². The van der Waals surface area contributed by atoms with Crippen molar-refractivity contribution in [3.05, 3.63) is 35.6 Å². The number of amides is 1. The Bertz CT molecular complexity index is 605. The number of nitrogens with zero attached hydrogens (tertiary/aromatic N) is 3. The number of benzene rings is 1. The Labute approximate surface area is 170 Å². The first-order chi connectivity index (χ1) is 13.2. The Hall–Kier alpha value is -1.46. The highest BCUT2D eigenvalue weighted by Gasteiger charge is 2.32. The van der Waals surface area contributed by atoms with Crippen LogP contribution in [0.5, 0.6) is 0 Å². The van der Waals surface area contributed by atoms with Crippen LogP contribution < -0.4 is 0 Å². The first-order valence-electron chi connectivity index (χ1n) is 10.6. The first-order valence-corrected chi connectivity index (χ1v) is 10.6. The zero-order valence-electron chi connectivity index (χ0n) is 18.5. The number of hydrogen-bond donors (Lipinski definition) is 0. The molecule has 0 aliphatic carbocycles. The van der Waals surface area contributed by atoms with Gasteiger partial charge < -0.3 is 9.80 Å². The summed E-state index contributed by atoms with van der Waals surface area (Å²) in [6.45, 7) is 12.5. The van der Waals surface area contributed by atoms with Crippen molar-refractivity contribution >= 4 is 5.91 Å². The summed E-state index contributed by atoms with van der Waals surface area (Å²) in [7, 11) is 4.21. The zero-order chi connectivity index (χ0) is 20.8. The van der Waals surface area contributed by atoms with E-state index in [0.717, 1.165) is 38.2 Å². The van der Waals surface area contributed by atoms with E-state index in [-0.39, 0.29) is 17.6 Å². The lowest BCUT2D eigenvalue weighted by Gasteiger charge is -2.45. The molecule has 0 radical (unpaired) electrons. The standard InChI is InChI=1S/C23H38FN3O/c1-17(2)22(20-8-10-21(24)11-9-20)14-23(28)26-15-18(3)27(19(4)16-26)13-7-12-25(5)6/h8-11,17-19,22H,7,12-16H2,1-6H3. The lowest BCUT2D eigenvalue weighted by atomic mass is 9.85. The monoisotopic (exact) mass is 391 g/mol. The summed E-state index contributed by atoms with van der Waals surface area (Å²) in [5.41, 5.74) is 1.05. The van der Waals surface area contributed by atoms with Crippen LogP contribution in [0.4, 0.5) is 4.39 Å². The van der Waals surface area contributed by atoms with Gasteiger partial charge in [0.05, 0.1) is 0 Å². The quantitative estimate of drug-likeness (QED) is 0.674. The van der Waals surface area contributed by atoms with Crippen LogP contribution in [0.3, 0.4) is 0 Å². The lowest BCUT2D eigenvalue weighted by molar-refractivity contribution is -0.136. The fraction of sp³-hybridized carbons (Fsp3) is 0.696. The maximum Gasteiger partial charge on any atom is 0.223 e. The van der Waals surface area contributed by atoms with E-state index in [9.17, 15) is 9.18 Å². The largest absolute Gasteiger partial charge is 0.340 e. The number of hydrogen-bond acceptors (Lipinski definition) is 3. The van der Waals surface area contributed by atoms with Crippen molar-refractivity contribution in [2.75, 3.05) is 40.3 Å². The fourth-order valence-electron chi connectivity index (χ4n) is 4.34. The first kappa shape index (κ1) is 22.8. The van der Waals surface area contributed by atoms with E-state index in [4.69, 9.17) is 0 Å². The van der Waals surface area contributed by atoms with Gasteiger partial charge in [-0.25, -0.2) is 4.39 Å². The van der Waals surface area contributed by atoms with Gasteiger partial charge in [-0.2, -0.15) is 0 Å². The van der Waals surface area contributed by atoms with Gasteiger partial charge in [0.25, 0.3) is 0 Å². The molecule has 1 saturated heterocycles. The summed E-state index contributed by atoms with van der Waals surface area (Å²) < 4.78 is 13.3. The molecule has 28 heavy (non-hydrogen) atoms. The Morgan fingerprint density at radius 3 is 2.21 bits per heavy atom. The predicted molar refractivity (Wildman–Crippen MR) is 114 cm³/mol. The molecule has 0 saturated carbocycles. The SMILES string of the molecule is CC(C)C(CC(=O)N1CC(C)N(CCCN(C)C)C(C)C1)c1ccc(F)cc1. The highest BCUT2D eigenvalue weighted by Crippen LogP contribution is 2.29. The summed E-state index contributed by atoms with van der Waals surface area (Å²) in [5, 5.41) is 0. The molecule has 3 atom stereocenters. The third-order valence-corrected chi connectivity index (χ3v) is 5.97. The smallest absolute Gasteiger partial charge is 0.223 e. The molecular weight excluding hydrogens is 353 g/mol. The maximum atomic E-state index is 13.3. The van der Waals surface area contributed by atoms with E-state index < -0.39 is 0 Å². The average Bonchev–Trinajstić information content (AvgIpc) is 2.62. The molecule has 1 fully saturated rings. The molecule has 1 amide bonds. The van der Waals surface area contributed by atoms with Crippen molar-refractivity contribution in [2.24, 2.45) is 5.92 Å². The van der Waals surface area contributed by atoms with E-state index in [1.54, 1.807) is 0 Å². The van der Waals surface area contributed by atoms with Gasteiger partial charge in [-0.1, -0.05) is 26.0 Å². The molecule has 3 unspecified atom stereocenters. The van der Waals surface area contributed by atoms with Gasteiger partial charge in [0.15, 0.2) is 0 Å². The van der Waals surface area contributed by atoms with Crippen molar-refractivity contribution < 1.29 is 9.18 Å². The van der Waals surface area contributed by atoms with Crippen molar-refractivity contribution in [2.45, 2.75) is 58.5 Å². The number of rotatable bonds is 8. The van der Waals surface area contributed by atoms with Crippen LogP contribution >= 0.6 is 0 Å². The van der Waals surface area contributed by atoms with E-state index in [0.29, 0.717) is 24.4 Å².